The molecule has 1 atom stereocenters. The third-order valence-corrected chi connectivity index (χ3v) is 7.15. The SMILES string of the molecule is CC(=O)N1CCN(C(=O)[C@H](CCCN=C(N)N)NS(=O)(=O)c2cccc3ccccc23)CC1. The summed E-state index contributed by atoms with van der Waals surface area (Å²) in [4.78, 5) is 32.2. The van der Waals surface area contributed by atoms with Crippen LogP contribution in [0.1, 0.15) is 19.8 Å². The summed E-state index contributed by atoms with van der Waals surface area (Å²) in [6, 6.07) is 11.2. The summed E-state index contributed by atoms with van der Waals surface area (Å²) in [6.07, 6.45) is 0.645. The molecule has 3 rings (SSSR count). The first-order chi connectivity index (χ1) is 15.7. The topological polar surface area (TPSA) is 151 Å². The first-order valence-corrected chi connectivity index (χ1v) is 12.3. The molecule has 2 aromatic carbocycles. The second-order valence-electron chi connectivity index (χ2n) is 7.93. The largest absolute Gasteiger partial charge is 0.370 e. The lowest BCUT2D eigenvalue weighted by Crippen LogP contribution is -2.55. The summed E-state index contributed by atoms with van der Waals surface area (Å²) in [5.41, 5.74) is 10.7. The molecule has 11 heteroatoms. The zero-order valence-corrected chi connectivity index (χ0v) is 19.4. The van der Waals surface area contributed by atoms with E-state index in [1.807, 2.05) is 18.2 Å². The number of carbonyl (C=O) groups excluding carboxylic acids is 2. The molecule has 1 fully saturated rings. The zero-order chi connectivity index (χ0) is 24.0. The van der Waals surface area contributed by atoms with Gasteiger partial charge in [-0.15, -0.1) is 0 Å². The third kappa shape index (κ3) is 6.20. The molecule has 0 bridgehead atoms. The second kappa shape index (κ2) is 10.6. The lowest BCUT2D eigenvalue weighted by atomic mass is 10.1. The molecule has 0 aromatic heterocycles. The van der Waals surface area contributed by atoms with Crippen LogP contribution in [0.5, 0.6) is 0 Å². The Hall–Kier alpha value is -3.18. The maximum Gasteiger partial charge on any atom is 0.241 e. The van der Waals surface area contributed by atoms with Gasteiger partial charge in [-0.2, -0.15) is 4.72 Å². The molecule has 1 heterocycles. The van der Waals surface area contributed by atoms with Gasteiger partial charge in [-0.05, 0) is 24.3 Å². The number of nitrogens with two attached hydrogens (primary N) is 2. The van der Waals surface area contributed by atoms with Crippen molar-refractivity contribution in [2.24, 2.45) is 16.5 Å². The van der Waals surface area contributed by atoms with Crippen molar-refractivity contribution in [1.82, 2.24) is 14.5 Å². The minimum Gasteiger partial charge on any atom is -0.370 e. The van der Waals surface area contributed by atoms with E-state index in [4.69, 9.17) is 11.5 Å². The van der Waals surface area contributed by atoms with Crippen molar-refractivity contribution in [3.05, 3.63) is 42.5 Å². The van der Waals surface area contributed by atoms with Crippen molar-refractivity contribution >= 4 is 38.6 Å². The Bertz CT molecular complexity index is 1130. The highest BCUT2D eigenvalue weighted by atomic mass is 32.2. The average molecular weight is 475 g/mol. The molecule has 0 aliphatic carbocycles. The van der Waals surface area contributed by atoms with Crippen molar-refractivity contribution in [3.63, 3.8) is 0 Å². The molecule has 178 valence electrons. The van der Waals surface area contributed by atoms with E-state index >= 15 is 0 Å². The van der Waals surface area contributed by atoms with Gasteiger partial charge in [-0.3, -0.25) is 14.6 Å². The molecule has 2 amide bonds. The van der Waals surface area contributed by atoms with Gasteiger partial charge in [0, 0.05) is 45.0 Å². The fourth-order valence-corrected chi connectivity index (χ4v) is 5.33. The van der Waals surface area contributed by atoms with E-state index in [1.54, 1.807) is 28.0 Å². The van der Waals surface area contributed by atoms with E-state index in [0.717, 1.165) is 5.39 Å². The van der Waals surface area contributed by atoms with E-state index in [1.165, 1.54) is 13.0 Å². The van der Waals surface area contributed by atoms with Gasteiger partial charge in [-0.1, -0.05) is 36.4 Å². The van der Waals surface area contributed by atoms with Crippen LogP contribution in [0.25, 0.3) is 10.8 Å². The number of carbonyl (C=O) groups is 2. The molecule has 1 saturated heterocycles. The fraction of sp³-hybridized carbons (Fsp3) is 0.409. The summed E-state index contributed by atoms with van der Waals surface area (Å²) in [5.74, 6) is -0.436. The number of nitrogens with one attached hydrogen (secondary N) is 1. The van der Waals surface area contributed by atoms with Crippen LogP contribution in [0.4, 0.5) is 0 Å². The number of benzene rings is 2. The number of guanidine groups is 1. The summed E-state index contributed by atoms with van der Waals surface area (Å²) >= 11 is 0. The van der Waals surface area contributed by atoms with E-state index in [9.17, 15) is 18.0 Å². The maximum atomic E-state index is 13.3. The van der Waals surface area contributed by atoms with Crippen molar-refractivity contribution in [3.8, 4) is 0 Å². The number of rotatable bonds is 8. The van der Waals surface area contributed by atoms with E-state index in [2.05, 4.69) is 9.71 Å². The number of sulfonamides is 1. The molecule has 10 nitrogen and oxygen atoms in total. The highest BCUT2D eigenvalue weighted by molar-refractivity contribution is 7.89. The molecule has 1 aliphatic rings. The van der Waals surface area contributed by atoms with Gasteiger partial charge in [0.25, 0.3) is 0 Å². The molecule has 0 saturated carbocycles. The second-order valence-corrected chi connectivity index (χ2v) is 9.61. The third-order valence-electron chi connectivity index (χ3n) is 5.62. The Balaban J connectivity index is 1.82. The van der Waals surface area contributed by atoms with Crippen LogP contribution < -0.4 is 16.2 Å². The average Bonchev–Trinajstić information content (AvgIpc) is 2.80. The molecule has 0 radical (unpaired) electrons. The van der Waals surface area contributed by atoms with E-state index in [-0.39, 0.29) is 35.6 Å². The van der Waals surface area contributed by atoms with E-state index < -0.39 is 16.1 Å². The van der Waals surface area contributed by atoms with Crippen molar-refractivity contribution in [2.75, 3.05) is 32.7 Å². The van der Waals surface area contributed by atoms with Crippen LogP contribution in [-0.4, -0.2) is 74.8 Å². The molecule has 0 spiro atoms. The number of hydrogen-bond donors (Lipinski definition) is 3. The van der Waals surface area contributed by atoms with Gasteiger partial charge in [-0.25, -0.2) is 8.42 Å². The quantitative estimate of drug-likeness (QED) is 0.283. The van der Waals surface area contributed by atoms with Gasteiger partial charge in [0.05, 0.1) is 4.90 Å². The Kier molecular flexibility index (Phi) is 7.88. The summed E-state index contributed by atoms with van der Waals surface area (Å²) in [7, 11) is -3.99. The maximum absolute atomic E-state index is 13.3. The summed E-state index contributed by atoms with van der Waals surface area (Å²) < 4.78 is 29.3. The molecule has 1 aliphatic heterocycles. The molecular formula is C22H30N6O4S. The van der Waals surface area contributed by atoms with Gasteiger partial charge in [0.15, 0.2) is 5.96 Å². The summed E-state index contributed by atoms with van der Waals surface area (Å²) in [5, 5.41) is 1.37. The monoisotopic (exact) mass is 474 g/mol. The van der Waals surface area contributed by atoms with Gasteiger partial charge in [0.1, 0.15) is 6.04 Å². The number of hydrogen-bond acceptors (Lipinski definition) is 5. The first-order valence-electron chi connectivity index (χ1n) is 10.8. The van der Waals surface area contributed by atoms with E-state index in [0.29, 0.717) is 38.0 Å². The van der Waals surface area contributed by atoms with Crippen LogP contribution in [0, 0.1) is 0 Å². The highest BCUT2D eigenvalue weighted by Crippen LogP contribution is 2.23. The van der Waals surface area contributed by atoms with Gasteiger partial charge in [0.2, 0.25) is 21.8 Å². The molecule has 33 heavy (non-hydrogen) atoms. The lowest BCUT2D eigenvalue weighted by Gasteiger charge is -2.36. The molecule has 0 unspecified atom stereocenters. The van der Waals surface area contributed by atoms with Crippen LogP contribution in [-0.2, 0) is 19.6 Å². The van der Waals surface area contributed by atoms with Crippen molar-refractivity contribution in [1.29, 1.82) is 0 Å². The number of fused-ring (bicyclic) bond motifs is 1. The smallest absolute Gasteiger partial charge is 0.241 e. The number of nitrogens with zero attached hydrogens (tertiary/aromatic N) is 3. The van der Waals surface area contributed by atoms with Gasteiger partial charge >= 0.3 is 0 Å². The summed E-state index contributed by atoms with van der Waals surface area (Å²) in [6.45, 7) is 3.29. The number of amides is 2. The predicted molar refractivity (Wildman–Crippen MR) is 127 cm³/mol. The van der Waals surface area contributed by atoms with Crippen molar-refractivity contribution < 1.29 is 18.0 Å². The van der Waals surface area contributed by atoms with Crippen LogP contribution in [0.3, 0.4) is 0 Å². The van der Waals surface area contributed by atoms with Crippen LogP contribution in [0.15, 0.2) is 52.4 Å². The number of aliphatic imine (C=N–C) groups is 1. The zero-order valence-electron chi connectivity index (χ0n) is 18.6. The lowest BCUT2D eigenvalue weighted by molar-refractivity contribution is -0.139. The minimum absolute atomic E-state index is 0.0486. The van der Waals surface area contributed by atoms with Crippen LogP contribution >= 0.6 is 0 Å². The molecule has 5 N–H and O–H groups in total. The van der Waals surface area contributed by atoms with Gasteiger partial charge < -0.3 is 21.3 Å². The van der Waals surface area contributed by atoms with Crippen molar-refractivity contribution in [2.45, 2.75) is 30.7 Å². The first kappa shape index (κ1) is 24.5. The molecular weight excluding hydrogens is 444 g/mol. The highest BCUT2D eigenvalue weighted by Gasteiger charge is 2.31. The Morgan fingerprint density at radius 3 is 2.33 bits per heavy atom. The molecule has 2 aromatic rings. The fourth-order valence-electron chi connectivity index (χ4n) is 3.88. The standard InChI is InChI=1S/C22H30N6O4S/c1-16(29)27-12-14-28(15-13-27)21(30)19(9-5-11-25-22(23)24)26-33(31,32)20-10-4-7-17-6-2-3-8-18(17)20/h2-4,6-8,10,19,26H,5,9,11-15H2,1H3,(H4,23,24,25)/t19-/m0/s1. The number of piperazine rings is 1. The normalized spacial score (nSPS) is 15.3. The van der Waals surface area contributed by atoms with Crippen LogP contribution in [0.2, 0.25) is 0 Å². The Labute approximate surface area is 193 Å². The minimum atomic E-state index is -3.99. The predicted octanol–water partition coefficient (Wildman–Crippen LogP) is 0.231. The Morgan fingerprint density at radius 2 is 1.67 bits per heavy atom. The Morgan fingerprint density at radius 1 is 1.03 bits per heavy atom.